The van der Waals surface area contributed by atoms with Crippen molar-refractivity contribution in [2.24, 2.45) is 0 Å². The monoisotopic (exact) mass is 513 g/mol. The average molecular weight is 514 g/mol. The van der Waals surface area contributed by atoms with Crippen molar-refractivity contribution < 1.29 is 23.7 Å². The van der Waals surface area contributed by atoms with Gasteiger partial charge >= 0.3 is 0 Å². The Morgan fingerprint density at radius 1 is 0.800 bits per heavy atom. The largest absolute Gasteiger partial charge is 0.495 e. The molecule has 182 valence electrons. The number of halogens is 2. The van der Waals surface area contributed by atoms with Gasteiger partial charge in [-0.15, -0.1) is 0 Å². The highest BCUT2D eigenvalue weighted by molar-refractivity contribution is 6.32. The van der Waals surface area contributed by atoms with Crippen LogP contribution in [-0.2, 0) is 0 Å². The highest BCUT2D eigenvalue weighted by Crippen LogP contribution is 2.39. The van der Waals surface area contributed by atoms with Crippen LogP contribution in [0.5, 0.6) is 23.0 Å². The third-order valence-corrected chi connectivity index (χ3v) is 5.62. The van der Waals surface area contributed by atoms with Gasteiger partial charge in [0.1, 0.15) is 5.75 Å². The van der Waals surface area contributed by atoms with Gasteiger partial charge in [0.2, 0.25) is 5.75 Å². The number of allylic oxidation sites excluding steroid dienone is 1. The Hall–Kier alpha value is -3.61. The highest BCUT2D eigenvalue weighted by atomic mass is 35.5. The van der Waals surface area contributed by atoms with Crippen molar-refractivity contribution in [1.29, 1.82) is 0 Å². The molecular weight excluding hydrogens is 489 g/mol. The maximum Gasteiger partial charge on any atom is 0.203 e. The summed E-state index contributed by atoms with van der Waals surface area (Å²) in [6.45, 7) is 0. The zero-order chi connectivity index (χ0) is 25.4. The fourth-order valence-corrected chi connectivity index (χ4v) is 3.66. The van der Waals surface area contributed by atoms with Gasteiger partial charge < -0.3 is 24.3 Å². The number of carbonyl (C=O) groups excluding carboxylic acids is 1. The Bertz CT molecular complexity index is 1230. The van der Waals surface area contributed by atoms with E-state index in [1.807, 2.05) is 24.3 Å². The van der Waals surface area contributed by atoms with Crippen LogP contribution in [0, 0.1) is 0 Å². The van der Waals surface area contributed by atoms with Gasteiger partial charge in [-0.1, -0.05) is 35.4 Å². The van der Waals surface area contributed by atoms with Crippen molar-refractivity contribution in [2.45, 2.75) is 0 Å². The Kier molecular flexibility index (Phi) is 9.06. The van der Waals surface area contributed by atoms with Crippen molar-refractivity contribution in [2.75, 3.05) is 33.8 Å². The molecule has 0 atom stereocenters. The van der Waals surface area contributed by atoms with Crippen molar-refractivity contribution in [3.63, 3.8) is 0 Å². The molecule has 0 unspecified atom stereocenters. The van der Waals surface area contributed by atoms with Crippen LogP contribution in [0.2, 0.25) is 10.0 Å². The molecule has 3 aromatic rings. The average Bonchev–Trinajstić information content (AvgIpc) is 2.87. The quantitative estimate of drug-likeness (QED) is 0.178. The molecular formula is C27H25Cl2NO5. The molecule has 35 heavy (non-hydrogen) atoms. The first-order chi connectivity index (χ1) is 16.9. The summed E-state index contributed by atoms with van der Waals surface area (Å²) in [4.78, 5) is 12.4. The Balaban J connectivity index is 1.90. The van der Waals surface area contributed by atoms with Gasteiger partial charge in [0.05, 0.1) is 33.5 Å². The zero-order valence-corrected chi connectivity index (χ0v) is 21.2. The molecule has 0 aromatic heterocycles. The summed E-state index contributed by atoms with van der Waals surface area (Å²) in [6, 6.07) is 13.9. The number of benzene rings is 3. The molecule has 0 saturated carbocycles. The third kappa shape index (κ3) is 6.50. The molecule has 0 amide bonds. The van der Waals surface area contributed by atoms with Gasteiger partial charge in [-0.3, -0.25) is 4.79 Å². The second kappa shape index (κ2) is 12.2. The Morgan fingerprint density at radius 2 is 1.43 bits per heavy atom. The molecule has 0 aliphatic carbocycles. The highest BCUT2D eigenvalue weighted by Gasteiger charge is 2.13. The van der Waals surface area contributed by atoms with Crippen LogP contribution in [0.1, 0.15) is 21.5 Å². The van der Waals surface area contributed by atoms with Crippen LogP contribution in [0.4, 0.5) is 5.69 Å². The fourth-order valence-electron chi connectivity index (χ4n) is 3.29. The lowest BCUT2D eigenvalue weighted by atomic mass is 10.1. The topological polar surface area (TPSA) is 66.0 Å². The Labute approximate surface area is 214 Å². The number of nitrogens with one attached hydrogen (secondary N) is 1. The predicted octanol–water partition coefficient (Wildman–Crippen LogP) is 7.01. The first kappa shape index (κ1) is 26.0. The van der Waals surface area contributed by atoms with Crippen molar-refractivity contribution >= 4 is 46.8 Å². The number of methoxy groups -OCH3 is 4. The molecule has 0 spiro atoms. The molecule has 0 bridgehead atoms. The maximum atomic E-state index is 12.4. The van der Waals surface area contributed by atoms with E-state index >= 15 is 0 Å². The second-order valence-corrected chi connectivity index (χ2v) is 8.06. The van der Waals surface area contributed by atoms with E-state index in [0.29, 0.717) is 44.3 Å². The molecule has 0 heterocycles. The third-order valence-electron chi connectivity index (χ3n) is 5.07. The lowest BCUT2D eigenvalue weighted by Gasteiger charge is -2.13. The van der Waals surface area contributed by atoms with E-state index in [1.54, 1.807) is 63.9 Å². The van der Waals surface area contributed by atoms with Gasteiger partial charge in [0.15, 0.2) is 17.3 Å². The number of ether oxygens (including phenoxy) is 4. The van der Waals surface area contributed by atoms with E-state index in [0.717, 1.165) is 11.1 Å². The summed E-state index contributed by atoms with van der Waals surface area (Å²) in [5.41, 5.74) is 2.82. The summed E-state index contributed by atoms with van der Waals surface area (Å²) < 4.78 is 21.6. The predicted molar refractivity (Wildman–Crippen MR) is 142 cm³/mol. The van der Waals surface area contributed by atoms with Gasteiger partial charge in [-0.25, -0.2) is 0 Å². The van der Waals surface area contributed by atoms with Crippen LogP contribution in [0.25, 0.3) is 12.2 Å². The van der Waals surface area contributed by atoms with Crippen molar-refractivity contribution in [3.8, 4) is 23.0 Å². The number of hydrogen-bond acceptors (Lipinski definition) is 6. The van der Waals surface area contributed by atoms with Crippen LogP contribution in [0.3, 0.4) is 0 Å². The van der Waals surface area contributed by atoms with Crippen molar-refractivity contribution in [1.82, 2.24) is 0 Å². The van der Waals surface area contributed by atoms with Gasteiger partial charge in [-0.05, 0) is 53.6 Å². The summed E-state index contributed by atoms with van der Waals surface area (Å²) in [5, 5.41) is 4.16. The van der Waals surface area contributed by atoms with Gasteiger partial charge in [-0.2, -0.15) is 0 Å². The number of rotatable bonds is 10. The molecule has 0 fully saturated rings. The first-order valence-electron chi connectivity index (χ1n) is 10.5. The lowest BCUT2D eigenvalue weighted by Crippen LogP contribution is -1.98. The molecule has 0 aliphatic heterocycles. The fraction of sp³-hybridized carbons (Fsp3) is 0.148. The Morgan fingerprint density at radius 3 is 2.00 bits per heavy atom. The van der Waals surface area contributed by atoms with Gasteiger partial charge in [0.25, 0.3) is 0 Å². The smallest absolute Gasteiger partial charge is 0.203 e. The van der Waals surface area contributed by atoms with Crippen LogP contribution < -0.4 is 24.3 Å². The van der Waals surface area contributed by atoms with Crippen molar-refractivity contribution in [3.05, 3.63) is 87.5 Å². The minimum atomic E-state index is -0.162. The molecule has 8 heteroatoms. The summed E-state index contributed by atoms with van der Waals surface area (Å²) in [7, 11) is 6.22. The van der Waals surface area contributed by atoms with Crippen LogP contribution in [-0.4, -0.2) is 34.2 Å². The number of ketones is 1. The molecule has 0 saturated heterocycles. The molecule has 3 aromatic carbocycles. The summed E-state index contributed by atoms with van der Waals surface area (Å²) >= 11 is 12.3. The van der Waals surface area contributed by atoms with E-state index in [4.69, 9.17) is 42.1 Å². The molecule has 0 aliphatic rings. The lowest BCUT2D eigenvalue weighted by molar-refractivity contribution is 0.104. The van der Waals surface area contributed by atoms with Crippen LogP contribution >= 0.6 is 23.2 Å². The SMILES string of the molecule is COc1cc(N/C=C\C(=O)c2ccc(Cl)cc2)c(/C=C\c2cc(OC)c(OC)c(OC)c2)cc1Cl. The zero-order valence-electron chi connectivity index (χ0n) is 19.7. The van der Waals surface area contributed by atoms with E-state index in [2.05, 4.69) is 5.32 Å². The van der Waals surface area contributed by atoms with Crippen LogP contribution in [0.15, 0.2) is 60.8 Å². The standard InChI is InChI=1S/C27H25Cl2NO5/c1-32-24-16-22(30-12-11-23(31)18-7-9-20(28)10-8-18)19(15-21(24)29)6-5-17-13-25(33-2)27(35-4)26(14-17)34-3/h5-16,30H,1-4H3/b6-5-,12-11-. The second-order valence-electron chi connectivity index (χ2n) is 7.21. The maximum absolute atomic E-state index is 12.4. The molecule has 0 radical (unpaired) electrons. The van der Waals surface area contributed by atoms with E-state index in [9.17, 15) is 4.79 Å². The first-order valence-corrected chi connectivity index (χ1v) is 11.2. The normalized spacial score (nSPS) is 11.0. The van der Waals surface area contributed by atoms with E-state index in [1.165, 1.54) is 13.2 Å². The number of carbonyl (C=O) groups is 1. The van der Waals surface area contributed by atoms with E-state index < -0.39 is 0 Å². The molecule has 6 nitrogen and oxygen atoms in total. The minimum absolute atomic E-state index is 0.162. The molecule has 3 rings (SSSR count). The molecule has 1 N–H and O–H groups in total. The summed E-state index contributed by atoms with van der Waals surface area (Å²) in [5.74, 6) is 1.93. The number of hydrogen-bond donors (Lipinski definition) is 1. The minimum Gasteiger partial charge on any atom is -0.495 e. The summed E-state index contributed by atoms with van der Waals surface area (Å²) in [6.07, 6.45) is 6.77. The van der Waals surface area contributed by atoms with E-state index in [-0.39, 0.29) is 5.78 Å². The number of anilines is 1. The van der Waals surface area contributed by atoms with Gasteiger partial charge in [0, 0.05) is 34.6 Å².